The fourth-order valence-electron chi connectivity index (χ4n) is 2.65. The van der Waals surface area contributed by atoms with Crippen molar-refractivity contribution in [3.05, 3.63) is 70.9 Å². The summed E-state index contributed by atoms with van der Waals surface area (Å²) >= 11 is 1.40. The third kappa shape index (κ3) is 5.75. The number of benzene rings is 1. The van der Waals surface area contributed by atoms with E-state index in [1.165, 1.54) is 17.7 Å². The van der Waals surface area contributed by atoms with Crippen LogP contribution < -0.4 is 10.6 Å². The minimum Gasteiger partial charge on any atom is -0.351 e. The largest absolute Gasteiger partial charge is 0.351 e. The molecule has 0 aliphatic heterocycles. The van der Waals surface area contributed by atoms with E-state index in [1.54, 1.807) is 17.1 Å². The maximum Gasteiger partial charge on any atom is 0.261 e. The Morgan fingerprint density at radius 3 is 2.70 bits per heavy atom. The number of aromatic nitrogens is 3. The number of hydrogen-bond acceptors (Lipinski definition) is 5. The van der Waals surface area contributed by atoms with Crippen LogP contribution in [0.25, 0.3) is 0 Å². The summed E-state index contributed by atoms with van der Waals surface area (Å²) in [6.45, 7) is 0.966. The predicted octanol–water partition coefficient (Wildman–Crippen LogP) is 2.41. The van der Waals surface area contributed by atoms with Gasteiger partial charge in [-0.25, -0.2) is 4.98 Å². The second-order valence-corrected chi connectivity index (χ2v) is 6.93. The molecule has 7 nitrogen and oxygen atoms in total. The number of carbonyl (C=O) groups excluding carboxylic acids is 2. The number of amides is 2. The number of nitrogens with zero attached hydrogens (tertiary/aromatic N) is 3. The Labute approximate surface area is 161 Å². The maximum atomic E-state index is 12.4. The van der Waals surface area contributed by atoms with Crippen molar-refractivity contribution in [3.63, 3.8) is 0 Å². The van der Waals surface area contributed by atoms with Gasteiger partial charge in [0, 0.05) is 13.0 Å². The van der Waals surface area contributed by atoms with Crippen LogP contribution in [0.2, 0.25) is 0 Å². The van der Waals surface area contributed by atoms with E-state index in [1.807, 2.05) is 41.8 Å². The molecular formula is C19H21N5O2S. The Hall–Kier alpha value is -3.00. The molecular weight excluding hydrogens is 362 g/mol. The number of thiophene rings is 1. The summed E-state index contributed by atoms with van der Waals surface area (Å²) in [5, 5.41) is 11.9. The predicted molar refractivity (Wildman–Crippen MR) is 103 cm³/mol. The minimum atomic E-state index is -0.193. The average molecular weight is 383 g/mol. The molecule has 2 aromatic heterocycles. The van der Waals surface area contributed by atoms with E-state index in [4.69, 9.17) is 0 Å². The monoisotopic (exact) mass is 383 g/mol. The van der Waals surface area contributed by atoms with Gasteiger partial charge in [-0.3, -0.25) is 14.3 Å². The number of nitrogens with one attached hydrogen (secondary N) is 2. The van der Waals surface area contributed by atoms with E-state index in [2.05, 4.69) is 20.7 Å². The topological polar surface area (TPSA) is 88.9 Å². The average Bonchev–Trinajstić information content (AvgIpc) is 3.39. The van der Waals surface area contributed by atoms with Crippen LogP contribution in [0.15, 0.2) is 60.5 Å². The molecule has 0 fully saturated rings. The van der Waals surface area contributed by atoms with E-state index < -0.39 is 0 Å². The number of rotatable bonds is 9. The van der Waals surface area contributed by atoms with Crippen LogP contribution in [0.4, 0.5) is 0 Å². The molecule has 8 heteroatoms. The summed E-state index contributed by atoms with van der Waals surface area (Å²) in [5.74, 6) is -0.159. The van der Waals surface area contributed by atoms with Gasteiger partial charge in [-0.1, -0.05) is 36.4 Å². The molecule has 140 valence electrons. The standard InChI is InChI=1S/C19H21N5O2S/c25-18(9-4-10-21-19(26)17-8-5-11-27-17)23-16(12-24-14-20-13-22-24)15-6-2-1-3-7-15/h1-3,5-8,11,13-14,16H,4,9-10,12H2,(H,21,26)(H,23,25). The molecule has 0 spiro atoms. The Kier molecular flexibility index (Phi) is 6.70. The summed E-state index contributed by atoms with van der Waals surface area (Å²) in [6, 6.07) is 13.2. The second-order valence-electron chi connectivity index (χ2n) is 5.99. The molecule has 2 heterocycles. The fraction of sp³-hybridized carbons (Fsp3) is 0.263. The summed E-state index contributed by atoms with van der Waals surface area (Å²) in [6.07, 6.45) is 4.02. The van der Waals surface area contributed by atoms with Gasteiger partial charge in [0.1, 0.15) is 12.7 Å². The van der Waals surface area contributed by atoms with Gasteiger partial charge < -0.3 is 10.6 Å². The lowest BCUT2D eigenvalue weighted by Gasteiger charge is -2.19. The molecule has 1 unspecified atom stereocenters. The fourth-order valence-corrected chi connectivity index (χ4v) is 3.29. The van der Waals surface area contributed by atoms with Gasteiger partial charge in [0.25, 0.3) is 5.91 Å². The van der Waals surface area contributed by atoms with Gasteiger partial charge in [-0.05, 0) is 23.4 Å². The summed E-state index contributed by atoms with van der Waals surface area (Å²) < 4.78 is 1.69. The van der Waals surface area contributed by atoms with Crippen molar-refractivity contribution in [2.75, 3.05) is 6.54 Å². The molecule has 0 radical (unpaired) electrons. The van der Waals surface area contributed by atoms with E-state index in [9.17, 15) is 9.59 Å². The first kappa shape index (κ1) is 18.8. The molecule has 1 atom stereocenters. The summed E-state index contributed by atoms with van der Waals surface area (Å²) in [4.78, 5) is 28.9. The Balaban J connectivity index is 1.48. The van der Waals surface area contributed by atoms with Crippen LogP contribution in [-0.4, -0.2) is 33.1 Å². The molecule has 27 heavy (non-hydrogen) atoms. The maximum absolute atomic E-state index is 12.4. The first-order valence-corrected chi connectivity index (χ1v) is 9.59. The van der Waals surface area contributed by atoms with Crippen LogP contribution in [0.3, 0.4) is 0 Å². The zero-order valence-electron chi connectivity index (χ0n) is 14.7. The SMILES string of the molecule is O=C(CCCNC(=O)c1cccs1)NC(Cn1cncn1)c1ccccc1. The molecule has 0 bridgehead atoms. The van der Waals surface area contributed by atoms with Crippen LogP contribution >= 0.6 is 11.3 Å². The van der Waals surface area contributed by atoms with Crippen molar-refractivity contribution in [2.24, 2.45) is 0 Å². The third-order valence-electron chi connectivity index (χ3n) is 3.98. The molecule has 0 aliphatic carbocycles. The molecule has 3 rings (SSSR count). The highest BCUT2D eigenvalue weighted by atomic mass is 32.1. The van der Waals surface area contributed by atoms with Crippen molar-refractivity contribution in [3.8, 4) is 0 Å². The molecule has 2 N–H and O–H groups in total. The molecule has 3 aromatic rings. The van der Waals surface area contributed by atoms with Crippen molar-refractivity contribution < 1.29 is 9.59 Å². The molecule has 0 saturated heterocycles. The lowest BCUT2D eigenvalue weighted by atomic mass is 10.1. The van der Waals surface area contributed by atoms with E-state index in [0.29, 0.717) is 30.8 Å². The molecule has 0 saturated carbocycles. The quantitative estimate of drug-likeness (QED) is 0.555. The van der Waals surface area contributed by atoms with Crippen molar-refractivity contribution >= 4 is 23.2 Å². The van der Waals surface area contributed by atoms with Crippen LogP contribution in [-0.2, 0) is 11.3 Å². The second kappa shape index (κ2) is 9.63. The Morgan fingerprint density at radius 2 is 2.00 bits per heavy atom. The zero-order valence-corrected chi connectivity index (χ0v) is 15.6. The van der Waals surface area contributed by atoms with Crippen LogP contribution in [0.1, 0.15) is 34.1 Å². The van der Waals surface area contributed by atoms with Crippen molar-refractivity contribution in [1.82, 2.24) is 25.4 Å². The lowest BCUT2D eigenvalue weighted by molar-refractivity contribution is -0.122. The van der Waals surface area contributed by atoms with E-state index >= 15 is 0 Å². The smallest absolute Gasteiger partial charge is 0.261 e. The van der Waals surface area contributed by atoms with Crippen molar-refractivity contribution in [2.45, 2.75) is 25.4 Å². The normalized spacial score (nSPS) is 11.7. The Bertz CT molecular complexity index is 834. The first-order chi connectivity index (χ1) is 13.2. The molecule has 1 aromatic carbocycles. The molecule has 2 amide bonds. The van der Waals surface area contributed by atoms with Gasteiger partial charge in [0.2, 0.25) is 5.91 Å². The molecule has 0 aliphatic rings. The highest BCUT2D eigenvalue weighted by Gasteiger charge is 2.15. The van der Waals surface area contributed by atoms with Gasteiger partial charge in [0.15, 0.2) is 0 Å². The van der Waals surface area contributed by atoms with Crippen LogP contribution in [0, 0.1) is 0 Å². The Morgan fingerprint density at radius 1 is 1.15 bits per heavy atom. The zero-order chi connectivity index (χ0) is 18.9. The lowest BCUT2D eigenvalue weighted by Crippen LogP contribution is -2.32. The minimum absolute atomic E-state index is 0.0608. The first-order valence-electron chi connectivity index (χ1n) is 8.71. The third-order valence-corrected chi connectivity index (χ3v) is 4.85. The summed E-state index contributed by atoms with van der Waals surface area (Å²) in [7, 11) is 0. The highest BCUT2D eigenvalue weighted by Crippen LogP contribution is 2.15. The van der Waals surface area contributed by atoms with Crippen molar-refractivity contribution in [1.29, 1.82) is 0 Å². The van der Waals surface area contributed by atoms with E-state index in [0.717, 1.165) is 5.56 Å². The van der Waals surface area contributed by atoms with Gasteiger partial charge >= 0.3 is 0 Å². The summed E-state index contributed by atoms with van der Waals surface area (Å²) in [5.41, 5.74) is 1.01. The van der Waals surface area contributed by atoms with E-state index in [-0.39, 0.29) is 17.9 Å². The number of carbonyl (C=O) groups is 2. The number of hydrogen-bond donors (Lipinski definition) is 2. The van der Waals surface area contributed by atoms with Gasteiger partial charge in [-0.2, -0.15) is 5.10 Å². The van der Waals surface area contributed by atoms with Gasteiger partial charge in [0.05, 0.1) is 17.5 Å². The van der Waals surface area contributed by atoms with Gasteiger partial charge in [-0.15, -0.1) is 11.3 Å². The highest BCUT2D eigenvalue weighted by molar-refractivity contribution is 7.12. The van der Waals surface area contributed by atoms with Crippen LogP contribution in [0.5, 0.6) is 0 Å².